The van der Waals surface area contributed by atoms with Crippen molar-refractivity contribution in [3.8, 4) is 5.75 Å². The van der Waals surface area contributed by atoms with Crippen LogP contribution in [-0.2, 0) is 11.3 Å². The number of hydrogen-bond donors (Lipinski definition) is 1. The quantitative estimate of drug-likeness (QED) is 0.856. The molecule has 0 heterocycles. The van der Waals surface area contributed by atoms with Crippen LogP contribution in [0.1, 0.15) is 19.4 Å². The highest BCUT2D eigenvalue weighted by atomic mass is 16.5. The summed E-state index contributed by atoms with van der Waals surface area (Å²) in [4.78, 5) is 10.9. The molecule has 0 saturated heterocycles. The van der Waals surface area contributed by atoms with Crippen LogP contribution in [0.3, 0.4) is 0 Å². The fraction of sp³-hybridized carbons (Fsp3) is 0.462. The Morgan fingerprint density at radius 2 is 1.94 bits per heavy atom. The maximum absolute atomic E-state index is 10.9. The van der Waals surface area contributed by atoms with Crippen LogP contribution in [-0.4, -0.2) is 19.8 Å². The van der Waals surface area contributed by atoms with Gasteiger partial charge in [0.1, 0.15) is 5.75 Å². The van der Waals surface area contributed by atoms with E-state index in [9.17, 15) is 4.79 Å². The molecule has 1 aromatic rings. The molecule has 4 nitrogen and oxygen atoms in total. The minimum Gasteiger partial charge on any atom is -0.493 e. The van der Waals surface area contributed by atoms with Crippen molar-refractivity contribution in [2.45, 2.75) is 20.4 Å². The Kier molecular flexibility index (Phi) is 5.33. The second kappa shape index (κ2) is 6.78. The molecule has 94 valence electrons. The lowest BCUT2D eigenvalue weighted by Crippen LogP contribution is -2.22. The van der Waals surface area contributed by atoms with Gasteiger partial charge >= 0.3 is 6.09 Å². The molecular formula is C13H19NO3. The minimum absolute atomic E-state index is 0.426. The Labute approximate surface area is 102 Å². The van der Waals surface area contributed by atoms with Crippen molar-refractivity contribution in [2.24, 2.45) is 5.92 Å². The Morgan fingerprint density at radius 1 is 1.29 bits per heavy atom. The van der Waals surface area contributed by atoms with E-state index in [1.807, 2.05) is 24.3 Å². The van der Waals surface area contributed by atoms with Crippen molar-refractivity contribution in [1.29, 1.82) is 0 Å². The third-order valence-electron chi connectivity index (χ3n) is 2.13. The molecule has 0 fully saturated rings. The van der Waals surface area contributed by atoms with Crippen LogP contribution >= 0.6 is 0 Å². The summed E-state index contributed by atoms with van der Waals surface area (Å²) in [7, 11) is 1.35. The van der Waals surface area contributed by atoms with Crippen molar-refractivity contribution in [3.05, 3.63) is 29.8 Å². The predicted octanol–water partition coefficient (Wildman–Crippen LogP) is 2.58. The number of nitrogens with one attached hydrogen (secondary N) is 1. The lowest BCUT2D eigenvalue weighted by molar-refractivity contribution is 0.170. The summed E-state index contributed by atoms with van der Waals surface area (Å²) < 4.78 is 10.0. The highest BCUT2D eigenvalue weighted by Gasteiger charge is 2.00. The fourth-order valence-corrected chi connectivity index (χ4v) is 1.21. The van der Waals surface area contributed by atoms with E-state index < -0.39 is 6.09 Å². The minimum atomic E-state index is -0.426. The molecule has 1 amide bonds. The average Bonchev–Trinajstić information content (AvgIpc) is 2.34. The van der Waals surface area contributed by atoms with Gasteiger partial charge in [0.05, 0.1) is 13.7 Å². The van der Waals surface area contributed by atoms with Crippen molar-refractivity contribution in [3.63, 3.8) is 0 Å². The van der Waals surface area contributed by atoms with E-state index in [1.165, 1.54) is 7.11 Å². The van der Waals surface area contributed by atoms with Crippen molar-refractivity contribution in [2.75, 3.05) is 13.7 Å². The first kappa shape index (κ1) is 13.4. The van der Waals surface area contributed by atoms with Crippen LogP contribution in [0.5, 0.6) is 5.75 Å². The molecule has 4 heteroatoms. The third kappa shape index (κ3) is 5.24. The summed E-state index contributed by atoms with van der Waals surface area (Å²) in [5.74, 6) is 1.36. The Bertz CT molecular complexity index is 346. The predicted molar refractivity (Wildman–Crippen MR) is 66.0 cm³/mol. The van der Waals surface area contributed by atoms with Gasteiger partial charge in [-0.2, -0.15) is 0 Å². The molecule has 0 radical (unpaired) electrons. The van der Waals surface area contributed by atoms with Gasteiger partial charge in [0.2, 0.25) is 0 Å². The highest BCUT2D eigenvalue weighted by Crippen LogP contribution is 2.13. The molecule has 0 aliphatic rings. The van der Waals surface area contributed by atoms with E-state index in [0.29, 0.717) is 19.1 Å². The van der Waals surface area contributed by atoms with E-state index in [4.69, 9.17) is 4.74 Å². The van der Waals surface area contributed by atoms with Gasteiger partial charge in [0, 0.05) is 6.54 Å². The summed E-state index contributed by atoms with van der Waals surface area (Å²) >= 11 is 0. The summed E-state index contributed by atoms with van der Waals surface area (Å²) in [5.41, 5.74) is 1.01. The molecule has 1 aromatic carbocycles. The monoisotopic (exact) mass is 237 g/mol. The molecular weight excluding hydrogens is 218 g/mol. The number of amides is 1. The van der Waals surface area contributed by atoms with E-state index >= 15 is 0 Å². The fourth-order valence-electron chi connectivity index (χ4n) is 1.21. The van der Waals surface area contributed by atoms with Crippen LogP contribution in [0.4, 0.5) is 4.79 Å². The zero-order chi connectivity index (χ0) is 12.7. The number of carbonyl (C=O) groups is 1. The van der Waals surface area contributed by atoms with E-state index in [0.717, 1.165) is 11.3 Å². The molecule has 0 bridgehead atoms. The van der Waals surface area contributed by atoms with E-state index in [1.54, 1.807) is 0 Å². The normalized spacial score (nSPS) is 10.1. The first-order chi connectivity index (χ1) is 8.11. The number of carbonyl (C=O) groups excluding carboxylic acids is 1. The SMILES string of the molecule is COC(=O)NCc1ccc(OCC(C)C)cc1. The molecule has 17 heavy (non-hydrogen) atoms. The van der Waals surface area contributed by atoms with Gasteiger partial charge in [0.25, 0.3) is 0 Å². The Morgan fingerprint density at radius 3 is 2.47 bits per heavy atom. The van der Waals surface area contributed by atoms with Crippen molar-refractivity contribution >= 4 is 6.09 Å². The first-order valence-electron chi connectivity index (χ1n) is 5.65. The summed E-state index contributed by atoms with van der Waals surface area (Å²) in [6, 6.07) is 7.64. The highest BCUT2D eigenvalue weighted by molar-refractivity contribution is 5.66. The number of rotatable bonds is 5. The van der Waals surface area contributed by atoms with E-state index in [2.05, 4.69) is 23.9 Å². The van der Waals surface area contributed by atoms with Gasteiger partial charge < -0.3 is 14.8 Å². The lowest BCUT2D eigenvalue weighted by Gasteiger charge is -2.09. The molecule has 0 aliphatic carbocycles. The molecule has 1 N–H and O–H groups in total. The number of benzene rings is 1. The van der Waals surface area contributed by atoms with Gasteiger partial charge in [-0.25, -0.2) is 4.79 Å². The maximum atomic E-state index is 10.9. The summed E-state index contributed by atoms with van der Waals surface area (Å²) in [5, 5.41) is 2.62. The largest absolute Gasteiger partial charge is 0.493 e. The Balaban J connectivity index is 2.42. The third-order valence-corrected chi connectivity index (χ3v) is 2.13. The van der Waals surface area contributed by atoms with Gasteiger partial charge in [-0.15, -0.1) is 0 Å². The standard InChI is InChI=1S/C13H19NO3/c1-10(2)9-17-12-6-4-11(5-7-12)8-14-13(15)16-3/h4-7,10H,8-9H2,1-3H3,(H,14,15). The second-order valence-electron chi connectivity index (χ2n) is 4.19. The molecule has 0 aliphatic heterocycles. The van der Waals surface area contributed by atoms with Crippen LogP contribution in [0.2, 0.25) is 0 Å². The van der Waals surface area contributed by atoms with Crippen LogP contribution in [0, 0.1) is 5.92 Å². The number of hydrogen-bond acceptors (Lipinski definition) is 3. The molecule has 1 rings (SSSR count). The molecule has 0 saturated carbocycles. The zero-order valence-electron chi connectivity index (χ0n) is 10.5. The second-order valence-corrected chi connectivity index (χ2v) is 4.19. The van der Waals surface area contributed by atoms with Gasteiger partial charge in [-0.3, -0.25) is 0 Å². The number of alkyl carbamates (subject to hydrolysis) is 1. The van der Waals surface area contributed by atoms with Crippen molar-refractivity contribution < 1.29 is 14.3 Å². The first-order valence-corrected chi connectivity index (χ1v) is 5.65. The lowest BCUT2D eigenvalue weighted by atomic mass is 10.2. The maximum Gasteiger partial charge on any atom is 0.407 e. The number of ether oxygens (including phenoxy) is 2. The summed E-state index contributed by atoms with van der Waals surface area (Å²) in [6.07, 6.45) is -0.426. The van der Waals surface area contributed by atoms with Crippen LogP contribution < -0.4 is 10.1 Å². The van der Waals surface area contributed by atoms with Crippen LogP contribution in [0.25, 0.3) is 0 Å². The van der Waals surface area contributed by atoms with E-state index in [-0.39, 0.29) is 0 Å². The molecule has 0 atom stereocenters. The molecule has 0 aromatic heterocycles. The van der Waals surface area contributed by atoms with Crippen LogP contribution in [0.15, 0.2) is 24.3 Å². The van der Waals surface area contributed by atoms with Gasteiger partial charge in [-0.1, -0.05) is 26.0 Å². The summed E-state index contributed by atoms with van der Waals surface area (Å²) in [6.45, 7) is 5.38. The molecule has 0 spiro atoms. The average molecular weight is 237 g/mol. The molecule has 0 unspecified atom stereocenters. The van der Waals surface area contributed by atoms with Gasteiger partial charge in [0.15, 0.2) is 0 Å². The van der Waals surface area contributed by atoms with Crippen molar-refractivity contribution in [1.82, 2.24) is 5.32 Å². The zero-order valence-corrected chi connectivity index (χ0v) is 10.5. The number of methoxy groups -OCH3 is 1. The Hall–Kier alpha value is -1.71. The smallest absolute Gasteiger partial charge is 0.407 e. The van der Waals surface area contributed by atoms with Gasteiger partial charge in [-0.05, 0) is 23.6 Å². The topological polar surface area (TPSA) is 47.6 Å².